The monoisotopic (exact) mass is 1880 g/mol. The van der Waals surface area contributed by atoms with Crippen molar-refractivity contribution in [2.45, 2.75) is 0 Å². The Morgan fingerprint density at radius 2 is 0.299 bits per heavy atom. The molecule has 0 aromatic heterocycles. The van der Waals surface area contributed by atoms with Crippen LogP contribution in [0, 0.1) is 0 Å². The maximum atomic E-state index is 2.36. The van der Waals surface area contributed by atoms with E-state index < -0.39 is 0 Å². The van der Waals surface area contributed by atoms with Gasteiger partial charge in [-0.15, -0.1) is 0 Å². The summed E-state index contributed by atoms with van der Waals surface area (Å²) < 4.78 is 0. The second-order valence-electron chi connectivity index (χ2n) is 38.2. The number of hydrogen-bond acceptors (Lipinski definition) is 6. The van der Waals surface area contributed by atoms with Crippen LogP contribution in [0.4, 0.5) is 85.3 Å². The molecule has 0 aliphatic rings. The van der Waals surface area contributed by atoms with Crippen LogP contribution < -0.4 is 29.4 Å². The fourth-order valence-electron chi connectivity index (χ4n) is 21.5. The van der Waals surface area contributed by atoms with Gasteiger partial charge in [0.1, 0.15) is 0 Å². The highest BCUT2D eigenvalue weighted by molar-refractivity contribution is 6.15. The largest absolute Gasteiger partial charge is 0.345 e. The summed E-state index contributed by atoms with van der Waals surface area (Å²) in [4.78, 5) is 13.9. The van der Waals surface area contributed by atoms with E-state index in [1.807, 2.05) is 0 Å². The molecule has 0 fully saturated rings. The number of anilines is 15. The Balaban J connectivity index is 0.000000115. The van der Waals surface area contributed by atoms with Crippen LogP contribution in [0.5, 0.6) is 0 Å². The molecule has 0 saturated carbocycles. The number of benzene rings is 27. The summed E-state index contributed by atoms with van der Waals surface area (Å²) in [6, 6.07) is 204. The first-order valence-electron chi connectivity index (χ1n) is 50.5. The average Bonchev–Trinajstić information content (AvgIpc) is 0.754. The minimum atomic E-state index is 1.12. The van der Waals surface area contributed by atoms with Crippen molar-refractivity contribution in [3.8, 4) is 33.4 Å². The van der Waals surface area contributed by atoms with Gasteiger partial charge in [0.25, 0.3) is 0 Å². The first-order chi connectivity index (χ1) is 72.5. The van der Waals surface area contributed by atoms with Gasteiger partial charge in [0.2, 0.25) is 0 Å². The molecule has 0 heterocycles. The van der Waals surface area contributed by atoms with Crippen LogP contribution in [0.15, 0.2) is 564 Å². The van der Waals surface area contributed by atoms with Crippen LogP contribution in [0.1, 0.15) is 0 Å². The van der Waals surface area contributed by atoms with Gasteiger partial charge >= 0.3 is 0 Å². The van der Waals surface area contributed by atoms with Crippen LogP contribution in [0.3, 0.4) is 0 Å². The summed E-state index contributed by atoms with van der Waals surface area (Å²) in [6.07, 6.45) is 0. The summed E-state index contributed by atoms with van der Waals surface area (Å²) in [5, 5.41) is 29.9. The van der Waals surface area contributed by atoms with E-state index in [1.165, 1.54) is 180 Å². The minimum Gasteiger partial charge on any atom is -0.345 e. The summed E-state index contributed by atoms with van der Waals surface area (Å²) >= 11 is 0. The second kappa shape index (κ2) is 39.0. The zero-order valence-corrected chi connectivity index (χ0v) is 81.9. The van der Waals surface area contributed by atoms with Gasteiger partial charge in [-0.2, -0.15) is 0 Å². The van der Waals surface area contributed by atoms with Gasteiger partial charge in [-0.3, -0.25) is 0 Å². The summed E-state index contributed by atoms with van der Waals surface area (Å²) in [5.41, 5.74) is 24.4. The number of fused-ring (bicyclic) bond motifs is 13. The lowest BCUT2D eigenvalue weighted by Gasteiger charge is -2.26. The van der Waals surface area contributed by atoms with Gasteiger partial charge in [0.05, 0.1) is 5.69 Å². The molecule has 0 saturated heterocycles. The molecule has 27 aromatic rings. The van der Waals surface area contributed by atoms with E-state index in [-0.39, 0.29) is 0 Å². The molecular formula is C141H102N6. The van der Waals surface area contributed by atoms with Gasteiger partial charge < -0.3 is 29.4 Å². The fourth-order valence-corrected chi connectivity index (χ4v) is 21.5. The zero-order chi connectivity index (χ0) is 98.2. The average molecular weight is 1880 g/mol. The Morgan fingerprint density at radius 1 is 0.109 bits per heavy atom. The molecule has 0 unspecified atom stereocenters. The van der Waals surface area contributed by atoms with Crippen LogP contribution in [-0.4, -0.2) is 21.1 Å². The van der Waals surface area contributed by atoms with Crippen molar-refractivity contribution in [1.82, 2.24) is 0 Å². The lowest BCUT2D eigenvalue weighted by molar-refractivity contribution is 1.21. The van der Waals surface area contributed by atoms with E-state index in [9.17, 15) is 0 Å². The van der Waals surface area contributed by atoms with E-state index in [4.69, 9.17) is 0 Å². The zero-order valence-electron chi connectivity index (χ0n) is 81.9. The fraction of sp³-hybridized carbons (Fsp3) is 0.0213. The first kappa shape index (κ1) is 89.2. The predicted octanol–water partition coefficient (Wildman–Crippen LogP) is 39.6. The van der Waals surface area contributed by atoms with E-state index >= 15 is 0 Å². The Bertz CT molecular complexity index is 9310. The maximum Gasteiger partial charge on any atom is 0.0567 e. The van der Waals surface area contributed by atoms with Crippen LogP contribution in [0.2, 0.25) is 0 Å². The number of nitrogens with zero attached hydrogens (tertiary/aromatic N) is 6. The number of hydrogen-bond donors (Lipinski definition) is 0. The molecule has 0 aliphatic carbocycles. The summed E-state index contributed by atoms with van der Waals surface area (Å²) in [6.45, 7) is 0. The third-order valence-electron chi connectivity index (χ3n) is 29.3. The molecule has 6 nitrogen and oxygen atoms in total. The van der Waals surface area contributed by atoms with Crippen LogP contribution in [0.25, 0.3) is 163 Å². The normalized spacial score (nSPS) is 11.4. The lowest BCUT2D eigenvalue weighted by atomic mass is 9.99. The second-order valence-corrected chi connectivity index (χ2v) is 38.2. The van der Waals surface area contributed by atoms with Gasteiger partial charge in [-0.25, -0.2) is 0 Å². The Kier molecular flexibility index (Phi) is 23.7. The van der Waals surface area contributed by atoms with E-state index in [0.717, 1.165) is 68.2 Å². The van der Waals surface area contributed by atoms with Crippen LogP contribution >= 0.6 is 0 Å². The third-order valence-corrected chi connectivity index (χ3v) is 29.3. The van der Waals surface area contributed by atoms with Crippen molar-refractivity contribution >= 4 is 215 Å². The van der Waals surface area contributed by atoms with Gasteiger partial charge in [-0.1, -0.05) is 382 Å². The smallest absolute Gasteiger partial charge is 0.0567 e. The third kappa shape index (κ3) is 17.9. The van der Waals surface area contributed by atoms with Crippen molar-refractivity contribution in [1.29, 1.82) is 0 Å². The Hall–Kier alpha value is -19.1. The first-order valence-corrected chi connectivity index (χ1v) is 50.5. The highest BCUT2D eigenvalue weighted by atomic mass is 15.2. The summed E-state index contributed by atoms with van der Waals surface area (Å²) in [5.74, 6) is 0. The SMILES string of the molecule is CN(c1ccc(-c2ccc(N(c3ccc4ccccc4c3)c3ccc4ccccc4c3)cc2)cc1)c1c2ccccc2cc2ccccc12.CN(c1ccc(-c2ccc(N(c3ccc4ccccc4c3)c3ccc4ccccc4c3)cc2)cc1)c1cc2ccccc2c2ccccc12.CN(c1ccc(-c2ccc(N(c3ccc4ccccc4c3)c3ccc4ccccc4c3)cc2)cc1)c1ccc2cc3ccccc3cc2c1. The maximum absolute atomic E-state index is 2.36. The quantitative estimate of drug-likeness (QED) is 0.0625. The molecule has 6 heteroatoms. The molecule has 0 spiro atoms. The van der Waals surface area contributed by atoms with E-state index in [0.29, 0.717) is 0 Å². The molecule has 0 atom stereocenters. The molecular weight excluding hydrogens is 1780 g/mol. The predicted molar refractivity (Wildman–Crippen MR) is 633 cm³/mol. The minimum absolute atomic E-state index is 1.12. The topological polar surface area (TPSA) is 19.4 Å². The molecule has 0 bridgehead atoms. The Labute approximate surface area is 856 Å². The van der Waals surface area contributed by atoms with Gasteiger partial charge in [0.15, 0.2) is 0 Å². The van der Waals surface area contributed by atoms with Crippen molar-refractivity contribution in [3.05, 3.63) is 564 Å². The van der Waals surface area contributed by atoms with Crippen LogP contribution in [-0.2, 0) is 0 Å². The highest BCUT2D eigenvalue weighted by Gasteiger charge is 2.23. The molecule has 147 heavy (non-hydrogen) atoms. The molecule has 696 valence electrons. The lowest BCUT2D eigenvalue weighted by Crippen LogP contribution is -2.10. The van der Waals surface area contributed by atoms with Gasteiger partial charge in [-0.05, 0) is 328 Å². The van der Waals surface area contributed by atoms with Crippen molar-refractivity contribution in [2.75, 3.05) is 50.5 Å². The molecule has 0 N–H and O–H groups in total. The van der Waals surface area contributed by atoms with Gasteiger partial charge in [0, 0.05) is 117 Å². The standard InChI is InChI=1S/3C47H34N2/c1-48(47-45-16-8-6-14-39(45)30-40-15-7-9-17-46(40)47)41-24-18-35(19-25-41)36-20-26-42(27-21-36)49(43-28-22-33-10-2-4-12-37(33)31-43)44-29-23-34-11-3-5-13-38(34)32-44;1-48(47-32-39-14-6-7-15-44(39)45-16-8-9-17-46(45)47)40-24-18-35(19-25-40)36-20-26-41(27-21-36)49(42-28-22-33-10-2-4-12-37(33)30-42)43-29-23-34-11-3-5-13-38(34)31-43;1-48(45-25-20-41-28-37-10-6-7-11-38(37)29-42(41)32-45)43-21-14-35(15-22-43)36-16-23-44(24-17-36)49(46-26-18-33-8-2-4-12-39(33)30-46)47-27-19-34-9-3-5-13-40(34)31-47/h3*2-32H,1H3. The molecule has 0 aliphatic heterocycles. The van der Waals surface area contributed by atoms with Crippen molar-refractivity contribution in [2.24, 2.45) is 0 Å². The molecule has 0 amide bonds. The van der Waals surface area contributed by atoms with E-state index in [1.54, 1.807) is 0 Å². The molecule has 0 radical (unpaired) electrons. The highest BCUT2D eigenvalue weighted by Crippen LogP contribution is 2.47. The Morgan fingerprint density at radius 3 is 0.612 bits per heavy atom. The van der Waals surface area contributed by atoms with Crippen molar-refractivity contribution < 1.29 is 0 Å². The number of rotatable bonds is 18. The summed E-state index contributed by atoms with van der Waals surface area (Å²) in [7, 11) is 6.47. The molecule has 27 aromatic carbocycles. The molecule has 27 rings (SSSR count). The van der Waals surface area contributed by atoms with Crippen molar-refractivity contribution in [3.63, 3.8) is 0 Å². The van der Waals surface area contributed by atoms with E-state index in [2.05, 4.69) is 615 Å².